The number of rotatable bonds is 8. The van der Waals surface area contributed by atoms with Crippen LogP contribution in [0.1, 0.15) is 65.0 Å². The third-order valence-electron chi connectivity index (χ3n) is 8.13. The monoisotopic (exact) mass is 754 g/mol. The van der Waals surface area contributed by atoms with Crippen molar-refractivity contribution in [1.29, 1.82) is 10.8 Å². The van der Waals surface area contributed by atoms with Crippen molar-refractivity contribution in [3.63, 3.8) is 0 Å². The zero-order valence-corrected chi connectivity index (χ0v) is 30.2. The molecule has 5 rings (SSSR count). The maximum absolute atomic E-state index is 13.4. The molecule has 2 atom stereocenters. The average Bonchev–Trinajstić information content (AvgIpc) is 3.60. The number of nitrogens with zero attached hydrogens (tertiary/aromatic N) is 2. The fraction of sp³-hybridized carbons (Fsp3) is 0.237. The highest BCUT2D eigenvalue weighted by Crippen LogP contribution is 2.38. The van der Waals surface area contributed by atoms with Gasteiger partial charge in [-0.2, -0.15) is 26.3 Å². The molecular weight excluding hydrogens is 719 g/mol. The van der Waals surface area contributed by atoms with Gasteiger partial charge in [0.2, 0.25) is 0 Å². The van der Waals surface area contributed by atoms with E-state index in [1.165, 1.54) is 34.5 Å². The van der Waals surface area contributed by atoms with Gasteiger partial charge in [-0.15, -0.1) is 0 Å². The fourth-order valence-electron chi connectivity index (χ4n) is 5.37. The van der Waals surface area contributed by atoms with Gasteiger partial charge < -0.3 is 11.1 Å². The molecule has 0 bridgehead atoms. The summed E-state index contributed by atoms with van der Waals surface area (Å²) in [6.45, 7) is 6.14. The lowest BCUT2D eigenvalue weighted by molar-refractivity contribution is -0.138. The Morgan fingerprint density at radius 1 is 0.731 bits per heavy atom. The highest BCUT2D eigenvalue weighted by molar-refractivity contribution is 8.14. The summed E-state index contributed by atoms with van der Waals surface area (Å²) in [6.07, 6.45) is -7.41. The quantitative estimate of drug-likeness (QED) is 0.0547. The molecule has 52 heavy (non-hydrogen) atoms. The normalized spacial score (nSPS) is 13.5. The Bertz CT molecular complexity index is 2080. The largest absolute Gasteiger partial charge is 0.416 e. The van der Waals surface area contributed by atoms with E-state index in [2.05, 4.69) is 10.3 Å². The molecule has 0 saturated carbocycles. The number of pyridine rings is 1. The Balaban J connectivity index is 1.39. The molecule has 0 fully saturated rings. The number of aromatic nitrogens is 2. The third-order valence-corrected chi connectivity index (χ3v) is 10.3. The van der Waals surface area contributed by atoms with Crippen LogP contribution >= 0.6 is 23.5 Å². The van der Waals surface area contributed by atoms with E-state index in [0.29, 0.717) is 22.5 Å². The first-order valence-electron chi connectivity index (χ1n) is 15.9. The first kappa shape index (κ1) is 38.9. The number of alkyl halides is 6. The lowest BCUT2D eigenvalue weighted by Gasteiger charge is -2.26. The van der Waals surface area contributed by atoms with Crippen molar-refractivity contribution in [3.8, 4) is 22.5 Å². The van der Waals surface area contributed by atoms with Crippen molar-refractivity contribution >= 4 is 33.7 Å². The van der Waals surface area contributed by atoms with Crippen LogP contribution in [0, 0.1) is 10.8 Å². The van der Waals surface area contributed by atoms with E-state index in [0.717, 1.165) is 47.2 Å². The zero-order chi connectivity index (χ0) is 38.0. The first-order valence-corrected chi connectivity index (χ1v) is 17.7. The summed E-state index contributed by atoms with van der Waals surface area (Å²) < 4.78 is 81.8. The summed E-state index contributed by atoms with van der Waals surface area (Å²) >= 11 is 2.21. The number of thioether (sulfide) groups is 2. The van der Waals surface area contributed by atoms with Gasteiger partial charge in [-0.3, -0.25) is 15.4 Å². The molecule has 3 aromatic carbocycles. The third kappa shape index (κ3) is 9.16. The lowest BCUT2D eigenvalue weighted by atomic mass is 9.85. The number of benzene rings is 3. The van der Waals surface area contributed by atoms with Crippen molar-refractivity contribution < 1.29 is 26.3 Å². The molecule has 6 nitrogen and oxygen atoms in total. The fourth-order valence-corrected chi connectivity index (χ4v) is 7.01. The van der Waals surface area contributed by atoms with E-state index in [1.807, 2.05) is 39.0 Å². The summed E-state index contributed by atoms with van der Waals surface area (Å²) in [5, 5.41) is 19.9. The highest BCUT2D eigenvalue weighted by atomic mass is 32.2. The molecule has 2 heterocycles. The SMILES string of the molecule is CNC(SC(=N)c1cccc(-c2cccc(C(F)(F)F)c2)n1)c1cc(C(N)SC(=N)n2cccc2-c2cccc(C(F)(F)F)c2)cc(C(C)(C)C)c1. The molecule has 0 radical (unpaired) electrons. The van der Waals surface area contributed by atoms with Crippen LogP contribution in [-0.2, 0) is 17.8 Å². The van der Waals surface area contributed by atoms with E-state index in [1.54, 1.807) is 49.6 Å². The van der Waals surface area contributed by atoms with Gasteiger partial charge in [0, 0.05) is 11.8 Å². The Morgan fingerprint density at radius 2 is 1.33 bits per heavy atom. The highest BCUT2D eigenvalue weighted by Gasteiger charge is 2.32. The smallest absolute Gasteiger partial charge is 0.315 e. The molecule has 2 unspecified atom stereocenters. The first-order chi connectivity index (χ1) is 24.3. The van der Waals surface area contributed by atoms with Crippen LogP contribution in [0.4, 0.5) is 26.3 Å². The Hall–Kier alpha value is -4.37. The Labute approximate surface area is 306 Å². The predicted molar refractivity (Wildman–Crippen MR) is 199 cm³/mol. The number of nitrogens with two attached hydrogens (primary N) is 1. The van der Waals surface area contributed by atoms with Crippen LogP contribution < -0.4 is 11.1 Å². The van der Waals surface area contributed by atoms with Crippen LogP contribution in [0.15, 0.2) is 103 Å². The molecule has 5 N–H and O–H groups in total. The van der Waals surface area contributed by atoms with E-state index in [4.69, 9.17) is 16.6 Å². The van der Waals surface area contributed by atoms with Crippen molar-refractivity contribution in [1.82, 2.24) is 14.9 Å². The predicted octanol–water partition coefficient (Wildman–Crippen LogP) is 10.7. The molecule has 0 aliphatic heterocycles. The van der Waals surface area contributed by atoms with Crippen LogP contribution in [0.5, 0.6) is 0 Å². The number of hydrogen-bond acceptors (Lipinski definition) is 7. The van der Waals surface area contributed by atoms with Gasteiger partial charge in [-0.1, -0.05) is 92.8 Å². The van der Waals surface area contributed by atoms with Crippen molar-refractivity contribution in [2.24, 2.45) is 5.73 Å². The molecule has 0 saturated heterocycles. The molecule has 2 aromatic heterocycles. The van der Waals surface area contributed by atoms with Crippen LogP contribution in [-0.4, -0.2) is 26.8 Å². The second-order valence-electron chi connectivity index (χ2n) is 12.9. The van der Waals surface area contributed by atoms with E-state index in [9.17, 15) is 26.3 Å². The second-order valence-corrected chi connectivity index (χ2v) is 15.2. The summed E-state index contributed by atoms with van der Waals surface area (Å²) in [4.78, 5) is 4.51. The van der Waals surface area contributed by atoms with Gasteiger partial charge in [0.05, 0.1) is 39.0 Å². The summed E-state index contributed by atoms with van der Waals surface area (Å²) in [5.74, 6) is 0. The number of nitrogens with one attached hydrogen (secondary N) is 3. The van der Waals surface area contributed by atoms with Crippen molar-refractivity contribution in [2.75, 3.05) is 7.05 Å². The molecule has 0 amide bonds. The summed E-state index contributed by atoms with van der Waals surface area (Å²) in [6, 6.07) is 23.8. The van der Waals surface area contributed by atoms with Crippen molar-refractivity contribution in [2.45, 2.75) is 49.3 Å². The molecule has 0 aliphatic rings. The standard InChI is InChI=1S/C38H36F6N6S2/c1-36(2,3)28-20-24(32(45)52-35(47)50-16-8-15-31(50)23-10-6-12-27(19-23)38(42,43)44)17-25(21-28)34(48-4)51-33(46)30-14-7-13-29(49-30)22-9-5-11-26(18-22)37(39,40)41/h5-21,32,34,46-48H,45H2,1-4H3. The minimum absolute atomic E-state index is 0.0145. The van der Waals surface area contributed by atoms with Gasteiger partial charge in [0.25, 0.3) is 0 Å². The minimum atomic E-state index is -4.51. The maximum Gasteiger partial charge on any atom is 0.416 e. The lowest BCUT2D eigenvalue weighted by Crippen LogP contribution is -2.20. The number of halogens is 6. The minimum Gasteiger partial charge on any atom is -0.315 e. The van der Waals surface area contributed by atoms with E-state index in [-0.39, 0.29) is 26.9 Å². The molecule has 0 aliphatic carbocycles. The Kier molecular flexibility index (Phi) is 11.4. The molecule has 5 aromatic rings. The summed E-state index contributed by atoms with van der Waals surface area (Å²) in [5.41, 5.74) is 8.85. The van der Waals surface area contributed by atoms with Crippen molar-refractivity contribution in [3.05, 3.63) is 137 Å². The van der Waals surface area contributed by atoms with Crippen LogP contribution in [0.25, 0.3) is 22.5 Å². The van der Waals surface area contributed by atoms with Gasteiger partial charge in [-0.05, 0) is 83.2 Å². The molecule has 272 valence electrons. The van der Waals surface area contributed by atoms with Gasteiger partial charge >= 0.3 is 12.4 Å². The second kappa shape index (κ2) is 15.3. The van der Waals surface area contributed by atoms with Gasteiger partial charge in [-0.25, -0.2) is 4.98 Å². The van der Waals surface area contributed by atoms with Crippen LogP contribution in [0.3, 0.4) is 0 Å². The van der Waals surface area contributed by atoms with E-state index >= 15 is 0 Å². The van der Waals surface area contributed by atoms with Gasteiger partial charge in [0.1, 0.15) is 5.04 Å². The number of hydrogen-bond donors (Lipinski definition) is 4. The van der Waals surface area contributed by atoms with E-state index < -0.39 is 34.2 Å². The molecular formula is C38H36F6N6S2. The topological polar surface area (TPSA) is 104 Å². The molecule has 14 heteroatoms. The Morgan fingerprint density at radius 3 is 1.94 bits per heavy atom. The molecule has 0 spiro atoms. The van der Waals surface area contributed by atoms with Crippen LogP contribution in [0.2, 0.25) is 0 Å². The summed E-state index contributed by atoms with van der Waals surface area (Å²) in [7, 11) is 1.74. The maximum atomic E-state index is 13.4. The van der Waals surface area contributed by atoms with Gasteiger partial charge in [0.15, 0.2) is 5.17 Å². The average molecular weight is 755 g/mol. The zero-order valence-electron chi connectivity index (χ0n) is 28.5.